The van der Waals surface area contributed by atoms with E-state index in [0.717, 1.165) is 4.90 Å². The summed E-state index contributed by atoms with van der Waals surface area (Å²) in [5, 5.41) is 7.75. The van der Waals surface area contributed by atoms with Crippen molar-refractivity contribution >= 4 is 46.1 Å². The molecule has 74 valence electrons. The topological polar surface area (TPSA) is 57.6 Å². The number of carbonyl (C=O) groups is 2. The maximum atomic E-state index is 10.8. The van der Waals surface area contributed by atoms with Crippen LogP contribution in [-0.2, 0) is 4.79 Å². The van der Waals surface area contributed by atoms with Gasteiger partial charge in [0.1, 0.15) is 6.04 Å². The van der Waals surface area contributed by atoms with Gasteiger partial charge in [-0.2, -0.15) is 0 Å². The highest BCUT2D eigenvalue weighted by atomic mass is 35.5. The van der Waals surface area contributed by atoms with Crippen LogP contribution in [0.15, 0.2) is 0 Å². The third-order valence-electron chi connectivity index (χ3n) is 1.86. The van der Waals surface area contributed by atoms with E-state index >= 15 is 0 Å². The second kappa shape index (κ2) is 3.52. The van der Waals surface area contributed by atoms with Crippen LogP contribution in [0.5, 0.6) is 0 Å². The van der Waals surface area contributed by atoms with Crippen LogP contribution in [0, 0.1) is 0 Å². The van der Waals surface area contributed by atoms with Crippen molar-refractivity contribution in [1.82, 2.24) is 4.90 Å². The number of carbonyl (C=O) groups excluding carboxylic acids is 1. The first kappa shape index (κ1) is 10.9. The van der Waals surface area contributed by atoms with Crippen molar-refractivity contribution in [2.45, 2.75) is 23.3 Å². The average molecular weight is 246 g/mol. The van der Waals surface area contributed by atoms with Gasteiger partial charge in [-0.3, -0.25) is 9.69 Å². The molecule has 1 aliphatic rings. The Balaban J connectivity index is 2.92. The summed E-state index contributed by atoms with van der Waals surface area (Å²) in [6.07, 6.45) is 0.409. The molecule has 0 saturated carbocycles. The molecule has 13 heavy (non-hydrogen) atoms. The smallest absolute Gasteiger partial charge is 0.326 e. The van der Waals surface area contributed by atoms with Gasteiger partial charge in [-0.1, -0.05) is 23.2 Å². The molecule has 1 aliphatic heterocycles. The maximum Gasteiger partial charge on any atom is 0.326 e. The lowest BCUT2D eigenvalue weighted by Gasteiger charge is -2.27. The van der Waals surface area contributed by atoms with Crippen LogP contribution in [-0.4, -0.2) is 31.8 Å². The number of halogens is 3. The normalized spacial score (nSPS) is 26.1. The molecule has 1 rings (SSSR count). The fraction of sp³-hybridized carbons (Fsp3) is 0.667. The van der Waals surface area contributed by atoms with E-state index in [9.17, 15) is 9.59 Å². The average Bonchev–Trinajstić information content (AvgIpc) is 2.24. The highest BCUT2D eigenvalue weighted by Gasteiger charge is 2.49. The fourth-order valence-electron chi connectivity index (χ4n) is 1.27. The zero-order valence-electron chi connectivity index (χ0n) is 6.34. The van der Waals surface area contributed by atoms with E-state index in [1.54, 1.807) is 0 Å². The van der Waals surface area contributed by atoms with E-state index in [2.05, 4.69) is 0 Å². The van der Waals surface area contributed by atoms with E-state index < -0.39 is 21.8 Å². The highest BCUT2D eigenvalue weighted by molar-refractivity contribution is 6.64. The third kappa shape index (κ3) is 2.00. The summed E-state index contributed by atoms with van der Waals surface area (Å²) in [5.41, 5.74) is 0. The second-order valence-electron chi connectivity index (χ2n) is 2.68. The summed E-state index contributed by atoms with van der Waals surface area (Å²) in [5.74, 6) is -1.16. The monoisotopic (exact) mass is 245 g/mol. The molecule has 4 nitrogen and oxygen atoms in total. The van der Waals surface area contributed by atoms with Crippen molar-refractivity contribution in [1.29, 1.82) is 0 Å². The van der Waals surface area contributed by atoms with Gasteiger partial charge in [-0.15, -0.1) is 0 Å². The molecule has 1 atom stereocenters. The molecular formula is C6H6Cl3NO3. The first-order chi connectivity index (χ1) is 5.86. The van der Waals surface area contributed by atoms with Crippen molar-refractivity contribution in [2.24, 2.45) is 0 Å². The molecule has 1 N–H and O–H groups in total. The van der Waals surface area contributed by atoms with Gasteiger partial charge in [-0.25, -0.2) is 4.79 Å². The van der Waals surface area contributed by atoms with Crippen LogP contribution in [0.4, 0.5) is 4.79 Å². The zero-order chi connectivity index (χ0) is 10.2. The standard InChI is InChI=1S/C6H6Cl3NO3/c7-5(13)10-3(4(11)12)1-2-6(10,8)9/h3H,1-2H2,(H,11,12)/t3-/m0/s1. The van der Waals surface area contributed by atoms with Gasteiger partial charge >= 0.3 is 11.3 Å². The predicted octanol–water partition coefficient (Wildman–Crippen LogP) is 2.03. The van der Waals surface area contributed by atoms with E-state index in [1.807, 2.05) is 0 Å². The number of carboxylic acid groups (broad SMARTS) is 1. The molecule has 0 aromatic rings. The molecule has 0 aliphatic carbocycles. The SMILES string of the molecule is O=C(O)[C@@H]1CCC(Cl)(Cl)N1C(=O)Cl. The number of rotatable bonds is 1. The van der Waals surface area contributed by atoms with Crippen molar-refractivity contribution < 1.29 is 14.7 Å². The van der Waals surface area contributed by atoms with Crippen LogP contribution in [0.1, 0.15) is 12.8 Å². The minimum Gasteiger partial charge on any atom is -0.480 e. The number of carboxylic acids is 1. The molecule has 0 radical (unpaired) electrons. The number of aliphatic carboxylic acids is 1. The number of amides is 1. The molecular weight excluding hydrogens is 240 g/mol. The summed E-state index contributed by atoms with van der Waals surface area (Å²) < 4.78 is -1.50. The van der Waals surface area contributed by atoms with Gasteiger partial charge in [0.2, 0.25) is 0 Å². The number of hydrogen-bond acceptors (Lipinski definition) is 2. The molecule has 1 fully saturated rings. The molecule has 1 heterocycles. The van der Waals surface area contributed by atoms with Crippen molar-refractivity contribution in [3.63, 3.8) is 0 Å². The van der Waals surface area contributed by atoms with Crippen molar-refractivity contribution in [3.8, 4) is 0 Å². The molecule has 0 aromatic carbocycles. The van der Waals surface area contributed by atoms with Crippen molar-refractivity contribution in [2.75, 3.05) is 0 Å². The van der Waals surface area contributed by atoms with Crippen LogP contribution < -0.4 is 0 Å². The lowest BCUT2D eigenvalue weighted by atomic mass is 10.2. The van der Waals surface area contributed by atoms with Crippen LogP contribution in [0.2, 0.25) is 0 Å². The third-order valence-corrected chi connectivity index (χ3v) is 2.78. The Kier molecular flexibility index (Phi) is 2.95. The minimum atomic E-state index is -1.50. The molecule has 0 unspecified atom stereocenters. The summed E-state index contributed by atoms with van der Waals surface area (Å²) >= 11 is 16.5. The van der Waals surface area contributed by atoms with Crippen LogP contribution in [0.3, 0.4) is 0 Å². The Morgan fingerprint density at radius 1 is 1.46 bits per heavy atom. The highest BCUT2D eigenvalue weighted by Crippen LogP contribution is 2.41. The van der Waals surface area contributed by atoms with E-state index in [4.69, 9.17) is 39.9 Å². The Bertz CT molecular complexity index is 256. The van der Waals surface area contributed by atoms with Gasteiger partial charge in [0, 0.05) is 6.42 Å². The summed E-state index contributed by atoms with van der Waals surface area (Å²) in [4.78, 5) is 22.2. The first-order valence-electron chi connectivity index (χ1n) is 3.45. The Morgan fingerprint density at radius 3 is 2.31 bits per heavy atom. The van der Waals surface area contributed by atoms with Crippen LogP contribution in [0.25, 0.3) is 0 Å². The number of nitrogens with zero attached hydrogens (tertiary/aromatic N) is 1. The lowest BCUT2D eigenvalue weighted by Crippen LogP contribution is -2.44. The summed E-state index contributed by atoms with van der Waals surface area (Å²) in [6, 6.07) is -1.03. The maximum absolute atomic E-state index is 10.8. The molecule has 0 spiro atoms. The molecule has 0 aromatic heterocycles. The Hall–Kier alpha value is -0.190. The number of likely N-dealkylation sites (tertiary alicyclic amines) is 1. The van der Waals surface area contributed by atoms with Gasteiger partial charge < -0.3 is 5.11 Å². The minimum absolute atomic E-state index is 0.200. The first-order valence-corrected chi connectivity index (χ1v) is 4.59. The Morgan fingerprint density at radius 2 is 2.00 bits per heavy atom. The predicted molar refractivity (Wildman–Crippen MR) is 48.2 cm³/mol. The van der Waals surface area contributed by atoms with Crippen molar-refractivity contribution in [3.05, 3.63) is 0 Å². The Labute approximate surface area is 89.3 Å². The van der Waals surface area contributed by atoms with Gasteiger partial charge in [0.25, 0.3) is 0 Å². The number of alkyl halides is 2. The van der Waals surface area contributed by atoms with Gasteiger partial charge in [-0.05, 0) is 18.0 Å². The lowest BCUT2D eigenvalue weighted by molar-refractivity contribution is -0.141. The zero-order valence-corrected chi connectivity index (χ0v) is 8.60. The quantitative estimate of drug-likeness (QED) is 0.437. The van der Waals surface area contributed by atoms with E-state index in [-0.39, 0.29) is 12.8 Å². The van der Waals surface area contributed by atoms with E-state index in [1.165, 1.54) is 0 Å². The largest absolute Gasteiger partial charge is 0.480 e. The second-order valence-corrected chi connectivity index (χ2v) is 4.45. The molecule has 0 bridgehead atoms. The van der Waals surface area contributed by atoms with Crippen LogP contribution >= 0.6 is 34.8 Å². The molecule has 7 heteroatoms. The summed E-state index contributed by atoms with van der Waals surface area (Å²) in [6.45, 7) is 0. The van der Waals surface area contributed by atoms with Gasteiger partial charge in [0.15, 0.2) is 4.46 Å². The van der Waals surface area contributed by atoms with E-state index in [0.29, 0.717) is 0 Å². The molecule has 1 amide bonds. The van der Waals surface area contributed by atoms with Gasteiger partial charge in [0.05, 0.1) is 0 Å². The molecule has 1 saturated heterocycles. The number of hydrogen-bond donors (Lipinski definition) is 1. The summed E-state index contributed by atoms with van der Waals surface area (Å²) in [7, 11) is 0. The fourth-order valence-corrected chi connectivity index (χ4v) is 2.23.